The van der Waals surface area contributed by atoms with Crippen molar-refractivity contribution in [2.75, 3.05) is 18.1 Å². The molecular formula is C19H22F3NO4S. The number of nitrogens with one attached hydrogen (secondary N) is 1. The zero-order valence-electron chi connectivity index (χ0n) is 15.2. The number of ether oxygens (including phenoxy) is 1. The van der Waals surface area contributed by atoms with E-state index in [1.807, 2.05) is 0 Å². The largest absolute Gasteiger partial charge is 0.416 e. The van der Waals surface area contributed by atoms with Gasteiger partial charge in [-0.2, -0.15) is 13.2 Å². The Morgan fingerprint density at radius 1 is 1.25 bits per heavy atom. The number of rotatable bonds is 3. The smallest absolute Gasteiger partial charge is 0.374 e. The van der Waals surface area contributed by atoms with E-state index in [1.165, 1.54) is 12.1 Å². The molecule has 0 unspecified atom stereocenters. The number of benzene rings is 1. The van der Waals surface area contributed by atoms with Gasteiger partial charge in [-0.1, -0.05) is 18.2 Å². The van der Waals surface area contributed by atoms with Gasteiger partial charge in [0, 0.05) is 18.6 Å². The van der Waals surface area contributed by atoms with Gasteiger partial charge in [0.1, 0.15) is 0 Å². The molecule has 1 aromatic carbocycles. The van der Waals surface area contributed by atoms with E-state index < -0.39 is 39.0 Å². The van der Waals surface area contributed by atoms with E-state index in [9.17, 15) is 26.4 Å². The number of carbonyl (C=O) groups is 1. The van der Waals surface area contributed by atoms with Crippen molar-refractivity contribution in [2.45, 2.75) is 49.4 Å². The van der Waals surface area contributed by atoms with E-state index in [-0.39, 0.29) is 29.0 Å². The highest BCUT2D eigenvalue weighted by Gasteiger charge is 2.50. The van der Waals surface area contributed by atoms with Crippen LogP contribution in [0.1, 0.15) is 42.7 Å². The lowest BCUT2D eigenvalue weighted by Gasteiger charge is -2.37. The molecule has 1 aromatic rings. The number of hydrogen-bond donors (Lipinski definition) is 1. The fourth-order valence-corrected chi connectivity index (χ4v) is 6.50. The molecule has 0 bridgehead atoms. The minimum atomic E-state index is -4.44. The lowest BCUT2D eigenvalue weighted by molar-refractivity contribution is -0.138. The molecule has 0 radical (unpaired) electrons. The average Bonchev–Trinajstić information content (AvgIpc) is 3.35. The van der Waals surface area contributed by atoms with E-state index >= 15 is 0 Å². The Morgan fingerprint density at radius 2 is 2.00 bits per heavy atom. The van der Waals surface area contributed by atoms with E-state index in [0.717, 1.165) is 6.07 Å². The van der Waals surface area contributed by atoms with Crippen LogP contribution in [0, 0.1) is 5.92 Å². The first kappa shape index (κ1) is 19.7. The lowest BCUT2D eigenvalue weighted by Crippen LogP contribution is -2.49. The number of carbonyl (C=O) groups excluding carboxylic acids is 1. The highest BCUT2D eigenvalue weighted by Crippen LogP contribution is 2.51. The van der Waals surface area contributed by atoms with E-state index in [4.69, 9.17) is 4.74 Å². The summed E-state index contributed by atoms with van der Waals surface area (Å²) in [7, 11) is -3.12. The maximum Gasteiger partial charge on any atom is 0.416 e. The van der Waals surface area contributed by atoms with Crippen molar-refractivity contribution in [3.05, 3.63) is 35.4 Å². The van der Waals surface area contributed by atoms with E-state index in [1.54, 1.807) is 6.07 Å². The van der Waals surface area contributed by atoms with Crippen molar-refractivity contribution in [1.29, 1.82) is 0 Å². The van der Waals surface area contributed by atoms with Gasteiger partial charge >= 0.3 is 6.18 Å². The van der Waals surface area contributed by atoms with Crippen LogP contribution in [0.5, 0.6) is 0 Å². The van der Waals surface area contributed by atoms with Gasteiger partial charge < -0.3 is 10.1 Å². The first-order valence-corrected chi connectivity index (χ1v) is 11.2. The van der Waals surface area contributed by atoms with Crippen molar-refractivity contribution in [3.8, 4) is 0 Å². The van der Waals surface area contributed by atoms with Crippen LogP contribution in [-0.2, 0) is 25.5 Å². The molecule has 2 aliphatic heterocycles. The van der Waals surface area contributed by atoms with E-state index in [2.05, 4.69) is 5.32 Å². The SMILES string of the molecule is O=C(N[C@@H]1CCO[C@]2(CCS(=O)(=O)C2)C1)[C@@H]1C[C@@H]1c1ccccc1C(F)(F)F. The molecule has 0 aromatic heterocycles. The number of hydrogen-bond acceptors (Lipinski definition) is 4. The molecule has 1 N–H and O–H groups in total. The highest BCUT2D eigenvalue weighted by molar-refractivity contribution is 7.91. The first-order valence-electron chi connectivity index (χ1n) is 9.39. The minimum Gasteiger partial charge on any atom is -0.374 e. The summed E-state index contributed by atoms with van der Waals surface area (Å²) in [6, 6.07) is 5.18. The predicted molar refractivity (Wildman–Crippen MR) is 95.4 cm³/mol. The zero-order valence-corrected chi connectivity index (χ0v) is 16.0. The summed E-state index contributed by atoms with van der Waals surface area (Å²) < 4.78 is 69.0. The van der Waals surface area contributed by atoms with Crippen LogP contribution in [0.4, 0.5) is 13.2 Å². The standard InChI is InChI=1S/C19H22F3NO4S/c20-19(21,22)16-4-2-1-3-13(16)14-9-15(14)17(24)23-12-5-7-27-18(10-12)6-8-28(25,26)11-18/h1-4,12,14-15H,5-11H2,(H,23,24)/t12-,14-,15-,18-/m1/s1. The monoisotopic (exact) mass is 417 g/mol. The number of alkyl halides is 3. The van der Waals surface area contributed by atoms with Gasteiger partial charge in [0.15, 0.2) is 9.84 Å². The Kier molecular flexibility index (Phi) is 4.73. The topological polar surface area (TPSA) is 72.5 Å². The molecule has 5 nitrogen and oxygen atoms in total. The molecule has 1 aliphatic carbocycles. The van der Waals surface area contributed by atoms with Gasteiger partial charge in [0.25, 0.3) is 0 Å². The molecule has 1 saturated carbocycles. The second-order valence-corrected chi connectivity index (χ2v) is 10.3. The number of halogens is 3. The summed E-state index contributed by atoms with van der Waals surface area (Å²) in [6.07, 6.45) is -2.63. The molecule has 1 spiro atoms. The van der Waals surface area contributed by atoms with Gasteiger partial charge in [-0.3, -0.25) is 4.79 Å². The highest BCUT2D eigenvalue weighted by atomic mass is 32.2. The molecule has 154 valence electrons. The fraction of sp³-hybridized carbons (Fsp3) is 0.632. The molecule has 28 heavy (non-hydrogen) atoms. The molecule has 2 saturated heterocycles. The summed E-state index contributed by atoms with van der Waals surface area (Å²) >= 11 is 0. The summed E-state index contributed by atoms with van der Waals surface area (Å²) in [4.78, 5) is 12.6. The quantitative estimate of drug-likeness (QED) is 0.821. The third kappa shape index (κ3) is 3.91. The predicted octanol–water partition coefficient (Wildman–Crippen LogP) is 2.66. The average molecular weight is 417 g/mol. The Morgan fingerprint density at radius 3 is 2.68 bits per heavy atom. The van der Waals surface area contributed by atoms with Gasteiger partial charge in [0.05, 0.1) is 22.7 Å². The first-order chi connectivity index (χ1) is 13.1. The Labute approximate surface area is 161 Å². The van der Waals surface area contributed by atoms with Crippen molar-refractivity contribution < 1.29 is 31.1 Å². The van der Waals surface area contributed by atoms with Crippen LogP contribution in [0.2, 0.25) is 0 Å². The molecule has 4 atom stereocenters. The minimum absolute atomic E-state index is 0.0304. The molecule has 1 amide bonds. The second-order valence-electron chi connectivity index (χ2n) is 8.11. The third-order valence-electron chi connectivity index (χ3n) is 5.98. The van der Waals surface area contributed by atoms with Gasteiger partial charge in [0.2, 0.25) is 5.91 Å². The Balaban J connectivity index is 1.40. The normalized spacial score (nSPS) is 34.3. The van der Waals surface area contributed by atoms with Gasteiger partial charge in [-0.05, 0) is 43.2 Å². The van der Waals surface area contributed by atoms with Crippen molar-refractivity contribution in [1.82, 2.24) is 5.32 Å². The summed E-state index contributed by atoms with van der Waals surface area (Å²) in [5, 5.41) is 2.92. The maximum absolute atomic E-state index is 13.2. The third-order valence-corrected chi connectivity index (χ3v) is 7.78. The lowest BCUT2D eigenvalue weighted by atomic mass is 9.89. The second kappa shape index (κ2) is 6.73. The maximum atomic E-state index is 13.2. The van der Waals surface area contributed by atoms with Crippen LogP contribution in [0.15, 0.2) is 24.3 Å². The van der Waals surface area contributed by atoms with Crippen LogP contribution in [-0.4, -0.2) is 44.1 Å². The van der Waals surface area contributed by atoms with Crippen molar-refractivity contribution in [2.24, 2.45) is 5.92 Å². The Hall–Kier alpha value is -1.61. The summed E-state index contributed by atoms with van der Waals surface area (Å²) in [6.45, 7) is 0.367. The van der Waals surface area contributed by atoms with E-state index in [0.29, 0.717) is 32.3 Å². The van der Waals surface area contributed by atoms with Crippen LogP contribution in [0.25, 0.3) is 0 Å². The molecule has 2 heterocycles. The van der Waals surface area contributed by atoms with Gasteiger partial charge in [-0.15, -0.1) is 0 Å². The van der Waals surface area contributed by atoms with Crippen LogP contribution in [0.3, 0.4) is 0 Å². The molecule has 3 aliphatic rings. The molecule has 3 fully saturated rings. The molecular weight excluding hydrogens is 395 g/mol. The summed E-state index contributed by atoms with van der Waals surface area (Å²) in [5.41, 5.74) is -1.25. The molecule has 9 heteroatoms. The Bertz CT molecular complexity index is 885. The van der Waals surface area contributed by atoms with Gasteiger partial charge in [-0.25, -0.2) is 8.42 Å². The zero-order chi connectivity index (χ0) is 20.2. The number of sulfone groups is 1. The molecule has 4 rings (SSSR count). The van der Waals surface area contributed by atoms with Crippen molar-refractivity contribution in [3.63, 3.8) is 0 Å². The fourth-order valence-electron chi connectivity index (χ4n) is 4.53. The van der Waals surface area contributed by atoms with Crippen molar-refractivity contribution >= 4 is 15.7 Å². The summed E-state index contributed by atoms with van der Waals surface area (Å²) in [5.74, 6) is -1.11. The number of amides is 1. The van der Waals surface area contributed by atoms with Crippen LogP contribution >= 0.6 is 0 Å². The van der Waals surface area contributed by atoms with Crippen LogP contribution < -0.4 is 5.32 Å².